The van der Waals surface area contributed by atoms with Crippen LogP contribution in [0, 0.1) is 11.8 Å². The van der Waals surface area contributed by atoms with Gasteiger partial charge in [0, 0.05) is 6.54 Å². The third-order valence-electron chi connectivity index (χ3n) is 6.15. The normalized spacial score (nSPS) is 20.5. The van der Waals surface area contributed by atoms with E-state index in [2.05, 4.69) is 10.6 Å². The van der Waals surface area contributed by atoms with Crippen LogP contribution in [0.1, 0.15) is 59.8 Å². The minimum atomic E-state index is -1.19. The van der Waals surface area contributed by atoms with Gasteiger partial charge in [-0.3, -0.25) is 19.2 Å². The summed E-state index contributed by atoms with van der Waals surface area (Å²) in [6.45, 7) is 7.59. The predicted molar refractivity (Wildman–Crippen MR) is 117 cm³/mol. The lowest BCUT2D eigenvalue weighted by Crippen LogP contribution is -2.60. The van der Waals surface area contributed by atoms with Gasteiger partial charge in [0.2, 0.25) is 23.6 Å². The van der Waals surface area contributed by atoms with Gasteiger partial charge < -0.3 is 32.1 Å². The lowest BCUT2D eigenvalue weighted by molar-refractivity contribution is -0.150. The molecule has 0 bridgehead atoms. The average molecular weight is 456 g/mol. The maximum absolute atomic E-state index is 13.2. The molecule has 1 fully saturated rings. The van der Waals surface area contributed by atoms with Crippen LogP contribution in [0.15, 0.2) is 0 Å². The predicted octanol–water partition coefficient (Wildman–Crippen LogP) is -0.673. The highest BCUT2D eigenvalue weighted by molar-refractivity contribution is 5.95. The number of carboxylic acids is 1. The molecule has 32 heavy (non-hydrogen) atoms. The van der Waals surface area contributed by atoms with Crippen LogP contribution in [0.2, 0.25) is 0 Å². The first-order valence-corrected chi connectivity index (χ1v) is 11.1. The summed E-state index contributed by atoms with van der Waals surface area (Å²) < 4.78 is 0. The van der Waals surface area contributed by atoms with Crippen molar-refractivity contribution in [2.24, 2.45) is 23.3 Å². The number of aliphatic carboxylic acids is 1. The molecule has 1 aliphatic rings. The number of hydrogen-bond donors (Lipinski definition) is 5. The van der Waals surface area contributed by atoms with Gasteiger partial charge in [0.15, 0.2) is 0 Å². The van der Waals surface area contributed by atoms with Crippen molar-refractivity contribution >= 4 is 29.6 Å². The van der Waals surface area contributed by atoms with Crippen molar-refractivity contribution in [2.75, 3.05) is 6.54 Å². The van der Waals surface area contributed by atoms with E-state index in [4.69, 9.17) is 11.5 Å². The summed E-state index contributed by atoms with van der Waals surface area (Å²) in [7, 11) is 0. The summed E-state index contributed by atoms with van der Waals surface area (Å²) >= 11 is 0. The first-order valence-electron chi connectivity index (χ1n) is 11.1. The first-order chi connectivity index (χ1) is 14.9. The van der Waals surface area contributed by atoms with Gasteiger partial charge in [-0.15, -0.1) is 0 Å². The van der Waals surface area contributed by atoms with Gasteiger partial charge >= 0.3 is 5.97 Å². The van der Waals surface area contributed by atoms with Gasteiger partial charge in [-0.05, 0) is 24.7 Å². The van der Waals surface area contributed by atoms with Gasteiger partial charge in [0.1, 0.15) is 18.1 Å². The zero-order valence-electron chi connectivity index (χ0n) is 19.3. The summed E-state index contributed by atoms with van der Waals surface area (Å²) in [5.41, 5.74) is 10.8. The van der Waals surface area contributed by atoms with E-state index in [1.807, 2.05) is 13.8 Å². The molecule has 11 heteroatoms. The molecule has 182 valence electrons. The van der Waals surface area contributed by atoms with Crippen molar-refractivity contribution in [3.8, 4) is 0 Å². The molecule has 0 aromatic carbocycles. The van der Waals surface area contributed by atoms with Gasteiger partial charge in [-0.1, -0.05) is 40.5 Å². The molecule has 11 nitrogen and oxygen atoms in total. The number of nitrogens with zero attached hydrogens (tertiary/aromatic N) is 1. The Balaban J connectivity index is 3.05. The zero-order chi connectivity index (χ0) is 24.6. The number of nitrogens with one attached hydrogen (secondary N) is 2. The first kappa shape index (κ1) is 27.3. The highest BCUT2D eigenvalue weighted by Gasteiger charge is 2.40. The molecule has 0 spiro atoms. The van der Waals surface area contributed by atoms with Crippen LogP contribution in [-0.2, 0) is 24.0 Å². The number of amides is 4. The zero-order valence-corrected chi connectivity index (χ0v) is 19.3. The molecule has 1 saturated heterocycles. The number of primary amides is 1. The van der Waals surface area contributed by atoms with E-state index in [9.17, 15) is 29.1 Å². The minimum Gasteiger partial charge on any atom is -0.480 e. The average Bonchev–Trinajstić information content (AvgIpc) is 3.23. The van der Waals surface area contributed by atoms with Gasteiger partial charge in [0.05, 0.1) is 12.5 Å². The molecule has 6 atom stereocenters. The van der Waals surface area contributed by atoms with Crippen LogP contribution in [-0.4, -0.2) is 70.3 Å². The second kappa shape index (κ2) is 12.4. The summed E-state index contributed by atoms with van der Waals surface area (Å²) in [6, 6.07) is -4.03. The Hall–Kier alpha value is -2.69. The topological polar surface area (TPSA) is 185 Å². The SMILES string of the molecule is CCC(C)C(NC(=O)C(N)CC(N)=O)C(=O)NC(C(=O)N1CCCC1C(=O)O)C(C)CC. The molecule has 7 N–H and O–H groups in total. The Morgan fingerprint density at radius 3 is 2.03 bits per heavy atom. The van der Waals surface area contributed by atoms with Crippen molar-refractivity contribution in [2.45, 2.75) is 84.0 Å². The minimum absolute atomic E-state index is 0.258. The van der Waals surface area contributed by atoms with E-state index < -0.39 is 53.8 Å². The summed E-state index contributed by atoms with van der Waals surface area (Å²) in [4.78, 5) is 62.6. The van der Waals surface area contributed by atoms with E-state index in [0.29, 0.717) is 32.2 Å². The van der Waals surface area contributed by atoms with Crippen molar-refractivity contribution in [3.05, 3.63) is 0 Å². The number of rotatable bonds is 12. The third kappa shape index (κ3) is 7.18. The Kier molecular flexibility index (Phi) is 10.6. The van der Waals surface area contributed by atoms with Crippen LogP contribution in [0.3, 0.4) is 0 Å². The highest BCUT2D eigenvalue weighted by atomic mass is 16.4. The number of carboxylic acid groups (broad SMARTS) is 1. The second-order valence-corrected chi connectivity index (χ2v) is 8.55. The number of carbonyl (C=O) groups excluding carboxylic acids is 4. The fourth-order valence-corrected chi connectivity index (χ4v) is 3.66. The van der Waals surface area contributed by atoms with Gasteiger partial charge in [0.25, 0.3) is 0 Å². The quantitative estimate of drug-likeness (QED) is 0.258. The maximum atomic E-state index is 13.2. The molecular weight excluding hydrogens is 418 g/mol. The molecule has 1 aliphatic heterocycles. The van der Waals surface area contributed by atoms with E-state index >= 15 is 0 Å². The third-order valence-corrected chi connectivity index (χ3v) is 6.15. The number of likely N-dealkylation sites (tertiary alicyclic amines) is 1. The highest BCUT2D eigenvalue weighted by Crippen LogP contribution is 2.22. The molecule has 0 aromatic heterocycles. The summed E-state index contributed by atoms with van der Waals surface area (Å²) in [6.07, 6.45) is 1.71. The number of carbonyl (C=O) groups is 5. The van der Waals surface area contributed by atoms with Gasteiger partial charge in [-0.2, -0.15) is 0 Å². The monoisotopic (exact) mass is 455 g/mol. The van der Waals surface area contributed by atoms with Gasteiger partial charge in [-0.25, -0.2) is 4.79 Å². The van der Waals surface area contributed by atoms with Crippen LogP contribution >= 0.6 is 0 Å². The van der Waals surface area contributed by atoms with E-state index in [1.54, 1.807) is 13.8 Å². The van der Waals surface area contributed by atoms with Crippen LogP contribution in [0.5, 0.6) is 0 Å². The van der Waals surface area contributed by atoms with Crippen LogP contribution < -0.4 is 22.1 Å². The molecular formula is C21H37N5O6. The molecule has 0 aromatic rings. The smallest absolute Gasteiger partial charge is 0.326 e. The molecule has 0 aliphatic carbocycles. The lowest BCUT2D eigenvalue weighted by Gasteiger charge is -2.32. The fraction of sp³-hybridized carbons (Fsp3) is 0.762. The standard InChI is InChI=1S/C21H37N5O6/c1-5-11(3)16(24-18(28)13(22)10-15(23)27)19(29)25-17(12(4)6-2)20(30)26-9-7-8-14(26)21(31)32/h11-14,16-17H,5-10,22H2,1-4H3,(H2,23,27)(H,24,28)(H,25,29)(H,31,32). The van der Waals surface area contributed by atoms with E-state index in [1.165, 1.54) is 4.90 Å². The molecule has 0 saturated carbocycles. The largest absolute Gasteiger partial charge is 0.480 e. The number of hydrogen-bond acceptors (Lipinski definition) is 6. The molecule has 6 unspecified atom stereocenters. The molecule has 4 amide bonds. The van der Waals surface area contributed by atoms with Crippen molar-refractivity contribution in [1.29, 1.82) is 0 Å². The van der Waals surface area contributed by atoms with Crippen molar-refractivity contribution < 1.29 is 29.1 Å². The summed E-state index contributed by atoms with van der Waals surface area (Å²) in [5.74, 6) is -4.06. The van der Waals surface area contributed by atoms with Crippen LogP contribution in [0.4, 0.5) is 0 Å². The molecule has 0 radical (unpaired) electrons. The number of nitrogens with two attached hydrogens (primary N) is 2. The van der Waals surface area contributed by atoms with Crippen molar-refractivity contribution in [1.82, 2.24) is 15.5 Å². The van der Waals surface area contributed by atoms with E-state index in [-0.39, 0.29) is 18.3 Å². The molecule has 1 rings (SSSR count). The Morgan fingerprint density at radius 1 is 1.00 bits per heavy atom. The Bertz CT molecular complexity index is 715. The lowest BCUT2D eigenvalue weighted by atomic mass is 9.94. The summed E-state index contributed by atoms with van der Waals surface area (Å²) in [5, 5.41) is 14.7. The van der Waals surface area contributed by atoms with Crippen LogP contribution in [0.25, 0.3) is 0 Å². The Labute approximate surface area is 188 Å². The van der Waals surface area contributed by atoms with E-state index in [0.717, 1.165) is 0 Å². The molecule has 1 heterocycles. The maximum Gasteiger partial charge on any atom is 0.326 e. The van der Waals surface area contributed by atoms with Crippen molar-refractivity contribution in [3.63, 3.8) is 0 Å². The Morgan fingerprint density at radius 2 is 1.53 bits per heavy atom. The fourth-order valence-electron chi connectivity index (χ4n) is 3.66. The second-order valence-electron chi connectivity index (χ2n) is 8.55.